The molecule has 1 aromatic carbocycles. The number of nitrogens with zero attached hydrogens (tertiary/aromatic N) is 6. The van der Waals surface area contributed by atoms with E-state index in [1.807, 2.05) is 0 Å². The van der Waals surface area contributed by atoms with E-state index in [1.165, 1.54) is 30.2 Å². The van der Waals surface area contributed by atoms with Crippen LogP contribution in [0.4, 0.5) is 23.4 Å². The van der Waals surface area contributed by atoms with Crippen molar-refractivity contribution in [3.8, 4) is 0 Å². The number of carbonyl (C=O) groups excluding carboxylic acids is 2. The maximum Gasteiger partial charge on any atom is 0.435 e. The van der Waals surface area contributed by atoms with Gasteiger partial charge in [0, 0.05) is 19.7 Å². The van der Waals surface area contributed by atoms with E-state index >= 15 is 0 Å². The largest absolute Gasteiger partial charge is 0.435 e. The zero-order valence-electron chi connectivity index (χ0n) is 16.7. The van der Waals surface area contributed by atoms with Crippen LogP contribution >= 0.6 is 0 Å². The van der Waals surface area contributed by atoms with E-state index in [9.17, 15) is 27.2 Å². The lowest BCUT2D eigenvalue weighted by Crippen LogP contribution is -2.47. The smallest absolute Gasteiger partial charge is 0.337 e. The molecule has 1 atom stereocenters. The van der Waals surface area contributed by atoms with Crippen LogP contribution in [0.25, 0.3) is 0 Å². The number of aromatic nitrogens is 5. The Morgan fingerprint density at radius 3 is 2.75 bits per heavy atom. The first-order chi connectivity index (χ1) is 15.1. The molecule has 0 aliphatic carbocycles. The van der Waals surface area contributed by atoms with Gasteiger partial charge in [0.15, 0.2) is 5.69 Å². The van der Waals surface area contributed by atoms with Crippen LogP contribution in [0.3, 0.4) is 0 Å². The highest BCUT2D eigenvalue weighted by Crippen LogP contribution is 2.32. The first-order valence-electron chi connectivity index (χ1n) is 9.49. The molecule has 1 N–H and O–H groups in total. The van der Waals surface area contributed by atoms with Crippen molar-refractivity contribution in [2.75, 3.05) is 11.9 Å². The van der Waals surface area contributed by atoms with Crippen molar-refractivity contribution < 1.29 is 27.2 Å². The number of hydrogen-bond donors (Lipinski definition) is 1. The molecule has 9 nitrogen and oxygen atoms in total. The quantitative estimate of drug-likeness (QED) is 0.611. The SMILES string of the molecule is CN1C(=O)[C@H](NC(=O)c2ncn(Cc3cccc(F)c3)n2)CCn2nc(C(F)(F)F)cc21. The fourth-order valence-electron chi connectivity index (χ4n) is 3.36. The maximum absolute atomic E-state index is 13.3. The van der Waals surface area contributed by atoms with Crippen LogP contribution in [0.5, 0.6) is 0 Å². The number of halogens is 4. The molecule has 0 spiro atoms. The summed E-state index contributed by atoms with van der Waals surface area (Å²) in [5.41, 5.74) is -0.474. The van der Waals surface area contributed by atoms with Crippen molar-refractivity contribution in [2.24, 2.45) is 0 Å². The maximum atomic E-state index is 13.3. The zero-order valence-corrected chi connectivity index (χ0v) is 16.7. The van der Waals surface area contributed by atoms with Gasteiger partial charge in [-0.1, -0.05) is 12.1 Å². The summed E-state index contributed by atoms with van der Waals surface area (Å²) in [5.74, 6) is -1.93. The number of amides is 2. The Morgan fingerprint density at radius 2 is 2.03 bits per heavy atom. The Balaban J connectivity index is 1.44. The molecule has 2 amide bonds. The van der Waals surface area contributed by atoms with Gasteiger partial charge < -0.3 is 5.32 Å². The normalized spacial score (nSPS) is 16.6. The third-order valence-electron chi connectivity index (χ3n) is 4.93. The van der Waals surface area contributed by atoms with Gasteiger partial charge in [-0.3, -0.25) is 14.5 Å². The van der Waals surface area contributed by atoms with Crippen LogP contribution in [0, 0.1) is 5.82 Å². The van der Waals surface area contributed by atoms with E-state index in [2.05, 4.69) is 20.5 Å². The van der Waals surface area contributed by atoms with Crippen molar-refractivity contribution in [3.05, 3.63) is 59.6 Å². The first kappa shape index (κ1) is 21.5. The fourth-order valence-corrected chi connectivity index (χ4v) is 3.36. The number of aryl methyl sites for hydroxylation is 1. The molecule has 0 unspecified atom stereocenters. The topological polar surface area (TPSA) is 97.9 Å². The van der Waals surface area contributed by atoms with Crippen molar-refractivity contribution >= 4 is 17.6 Å². The second-order valence-electron chi connectivity index (χ2n) is 7.22. The lowest BCUT2D eigenvalue weighted by Gasteiger charge is -2.19. The molecule has 3 aromatic rings. The Bertz CT molecular complexity index is 1170. The molecule has 1 aliphatic heterocycles. The van der Waals surface area contributed by atoms with Gasteiger partial charge in [-0.2, -0.15) is 18.3 Å². The molecule has 0 bridgehead atoms. The number of hydrogen-bond acceptors (Lipinski definition) is 5. The molecule has 2 aromatic heterocycles. The predicted molar refractivity (Wildman–Crippen MR) is 102 cm³/mol. The summed E-state index contributed by atoms with van der Waals surface area (Å²) in [4.78, 5) is 30.2. The minimum Gasteiger partial charge on any atom is -0.337 e. The van der Waals surface area contributed by atoms with Crippen LogP contribution in [-0.4, -0.2) is 49.4 Å². The average molecular weight is 451 g/mol. The summed E-state index contributed by atoms with van der Waals surface area (Å²) in [5, 5.41) is 10.1. The number of anilines is 1. The van der Waals surface area contributed by atoms with Crippen molar-refractivity contribution in [3.63, 3.8) is 0 Å². The van der Waals surface area contributed by atoms with Crippen LogP contribution in [0.2, 0.25) is 0 Å². The number of likely N-dealkylation sites (N-methyl/N-ethyl adjacent to an activating group) is 1. The highest BCUT2D eigenvalue weighted by atomic mass is 19.4. The van der Waals surface area contributed by atoms with Crippen LogP contribution < -0.4 is 10.2 Å². The predicted octanol–water partition coefficient (Wildman–Crippen LogP) is 1.85. The zero-order chi connectivity index (χ0) is 23.0. The molecule has 168 valence electrons. The molecule has 0 fully saturated rings. The lowest BCUT2D eigenvalue weighted by molar-refractivity contribution is -0.141. The van der Waals surface area contributed by atoms with Gasteiger partial charge in [0.2, 0.25) is 5.82 Å². The number of carbonyl (C=O) groups is 2. The number of alkyl halides is 3. The van der Waals surface area contributed by atoms with Crippen molar-refractivity contribution in [2.45, 2.75) is 31.7 Å². The Kier molecular flexibility index (Phi) is 5.40. The summed E-state index contributed by atoms with van der Waals surface area (Å²) in [6.07, 6.45) is -3.30. The van der Waals surface area contributed by atoms with Gasteiger partial charge in [-0.25, -0.2) is 18.7 Å². The number of fused-ring (bicyclic) bond motifs is 1. The summed E-state index contributed by atoms with van der Waals surface area (Å²) in [6.45, 7) is 0.180. The molecule has 4 rings (SSSR count). The monoisotopic (exact) mass is 451 g/mol. The summed E-state index contributed by atoms with van der Waals surface area (Å²) in [6, 6.07) is 5.66. The van der Waals surface area contributed by atoms with Gasteiger partial charge in [-0.15, -0.1) is 5.10 Å². The van der Waals surface area contributed by atoms with E-state index in [0.717, 1.165) is 15.6 Å². The fraction of sp³-hybridized carbons (Fsp3) is 0.316. The van der Waals surface area contributed by atoms with Crippen molar-refractivity contribution in [1.82, 2.24) is 29.9 Å². The van der Waals surface area contributed by atoms with E-state index in [-0.39, 0.29) is 31.2 Å². The summed E-state index contributed by atoms with van der Waals surface area (Å²) < 4.78 is 54.5. The third kappa shape index (κ3) is 4.31. The molecule has 13 heteroatoms. The van der Waals surface area contributed by atoms with Crippen LogP contribution in [0.1, 0.15) is 28.3 Å². The summed E-state index contributed by atoms with van der Waals surface area (Å²) >= 11 is 0. The second-order valence-corrected chi connectivity index (χ2v) is 7.22. The molecule has 32 heavy (non-hydrogen) atoms. The van der Waals surface area contributed by atoms with Gasteiger partial charge in [0.25, 0.3) is 11.8 Å². The van der Waals surface area contributed by atoms with Gasteiger partial charge in [0.05, 0.1) is 6.54 Å². The van der Waals surface area contributed by atoms with E-state index < -0.39 is 35.5 Å². The molecule has 3 heterocycles. The minimum absolute atomic E-state index is 0.00607. The average Bonchev–Trinajstić information content (AvgIpc) is 3.35. The molecular formula is C19H17F4N7O2. The van der Waals surface area contributed by atoms with Gasteiger partial charge >= 0.3 is 6.18 Å². The van der Waals surface area contributed by atoms with Crippen LogP contribution in [-0.2, 0) is 24.1 Å². The Labute approximate surface area is 178 Å². The highest BCUT2D eigenvalue weighted by Gasteiger charge is 2.38. The highest BCUT2D eigenvalue weighted by molar-refractivity contribution is 6.00. The molecular weight excluding hydrogens is 434 g/mol. The van der Waals surface area contributed by atoms with Gasteiger partial charge in [-0.05, 0) is 24.1 Å². The second kappa shape index (κ2) is 8.05. The minimum atomic E-state index is -4.63. The lowest BCUT2D eigenvalue weighted by atomic mass is 10.2. The van der Waals surface area contributed by atoms with E-state index in [0.29, 0.717) is 5.56 Å². The molecule has 0 saturated heterocycles. The van der Waals surface area contributed by atoms with Crippen LogP contribution in [0.15, 0.2) is 36.7 Å². The van der Waals surface area contributed by atoms with E-state index in [4.69, 9.17) is 0 Å². The number of benzene rings is 1. The van der Waals surface area contributed by atoms with Crippen molar-refractivity contribution in [1.29, 1.82) is 0 Å². The Hall–Kier alpha value is -3.77. The Morgan fingerprint density at radius 1 is 1.25 bits per heavy atom. The summed E-state index contributed by atoms with van der Waals surface area (Å²) in [7, 11) is 1.31. The van der Waals surface area contributed by atoms with E-state index in [1.54, 1.807) is 12.1 Å². The standard InChI is InChI=1S/C19H17F4N7O2/c1-28-15-8-14(19(21,22)23)26-30(15)6-5-13(18(28)32)25-17(31)16-24-10-29(27-16)9-11-3-2-4-12(20)7-11/h2-4,7-8,10,13H,5-6,9H2,1H3,(H,25,31)/t13-/m1/s1. The van der Waals surface area contributed by atoms with Gasteiger partial charge in [0.1, 0.15) is 24.0 Å². The first-order valence-corrected chi connectivity index (χ1v) is 9.49. The number of rotatable bonds is 4. The molecule has 0 saturated carbocycles. The number of nitrogens with one attached hydrogen (secondary N) is 1. The molecule has 0 radical (unpaired) electrons. The molecule has 1 aliphatic rings. The third-order valence-corrected chi connectivity index (χ3v) is 4.93.